The number of hydrogen-bond acceptors (Lipinski definition) is 4. The lowest BCUT2D eigenvalue weighted by Gasteiger charge is -2.30. The Hall–Kier alpha value is -1.39. The Morgan fingerprint density at radius 1 is 1.37 bits per heavy atom. The minimum atomic E-state index is -5.05. The van der Waals surface area contributed by atoms with Crippen LogP contribution < -0.4 is 0 Å². The Labute approximate surface area is 159 Å². The summed E-state index contributed by atoms with van der Waals surface area (Å²) in [5.41, 5.74) is -0.0738. The molecule has 0 aromatic heterocycles. The third-order valence-electron chi connectivity index (χ3n) is 4.55. The van der Waals surface area contributed by atoms with E-state index < -0.39 is 39.5 Å². The van der Waals surface area contributed by atoms with Crippen LogP contribution in [0.5, 0.6) is 0 Å². The standard InChI is InChI=1S/C16H19ClF4N2O3S/c1-2-22-7-6-13(10-22)23(15(24)16(19,20)21)8-5-11-9-12(18)3-4-14(11)27(17,25)26/h3-4,9,13H,2,5-8,10H2,1H3. The van der Waals surface area contributed by atoms with Gasteiger partial charge >= 0.3 is 12.1 Å². The normalized spacial score (nSPS) is 18.7. The van der Waals surface area contributed by atoms with Gasteiger partial charge in [0.1, 0.15) is 5.82 Å². The molecular formula is C16H19ClF4N2O3S. The summed E-state index contributed by atoms with van der Waals surface area (Å²) >= 11 is 0. The summed E-state index contributed by atoms with van der Waals surface area (Å²) in [5.74, 6) is -2.74. The fourth-order valence-corrected chi connectivity index (χ4v) is 4.35. The highest BCUT2D eigenvalue weighted by Crippen LogP contribution is 2.26. The Morgan fingerprint density at radius 3 is 2.56 bits per heavy atom. The van der Waals surface area contributed by atoms with Crippen molar-refractivity contribution in [3.05, 3.63) is 29.6 Å². The van der Waals surface area contributed by atoms with E-state index in [1.54, 1.807) is 0 Å². The van der Waals surface area contributed by atoms with Gasteiger partial charge in [-0.15, -0.1) is 0 Å². The fourth-order valence-electron chi connectivity index (χ4n) is 3.19. The summed E-state index contributed by atoms with van der Waals surface area (Å²) in [7, 11) is 1.11. The van der Waals surface area contributed by atoms with E-state index in [2.05, 4.69) is 0 Å². The van der Waals surface area contributed by atoms with Crippen molar-refractivity contribution in [2.45, 2.75) is 36.9 Å². The molecule has 1 saturated heterocycles. The first kappa shape index (κ1) is 21.9. The van der Waals surface area contributed by atoms with Crippen molar-refractivity contribution in [1.29, 1.82) is 0 Å². The number of amides is 1. The molecule has 1 amide bonds. The molecule has 1 aliphatic heterocycles. The zero-order chi connectivity index (χ0) is 20.4. The van der Waals surface area contributed by atoms with Gasteiger partial charge in [-0.1, -0.05) is 6.92 Å². The zero-order valence-corrected chi connectivity index (χ0v) is 16.0. The first-order valence-corrected chi connectivity index (χ1v) is 10.6. The number of benzene rings is 1. The van der Waals surface area contributed by atoms with Gasteiger partial charge < -0.3 is 9.80 Å². The van der Waals surface area contributed by atoms with E-state index in [0.717, 1.165) is 18.2 Å². The Kier molecular flexibility index (Phi) is 6.75. The van der Waals surface area contributed by atoms with Crippen LogP contribution in [0.3, 0.4) is 0 Å². The Bertz CT molecular complexity index is 801. The number of likely N-dealkylation sites (tertiary alicyclic amines) is 1. The average molecular weight is 431 g/mol. The van der Waals surface area contributed by atoms with E-state index in [-0.39, 0.29) is 16.9 Å². The van der Waals surface area contributed by atoms with Gasteiger partial charge in [0, 0.05) is 36.4 Å². The maximum Gasteiger partial charge on any atom is 0.471 e. The van der Waals surface area contributed by atoms with Crippen LogP contribution in [-0.2, 0) is 20.3 Å². The molecular weight excluding hydrogens is 412 g/mol. The average Bonchev–Trinajstić information content (AvgIpc) is 3.01. The van der Waals surface area contributed by atoms with E-state index in [4.69, 9.17) is 10.7 Å². The summed E-state index contributed by atoms with van der Waals surface area (Å²) in [5, 5.41) is 0. The van der Waals surface area contributed by atoms with Crippen LogP contribution >= 0.6 is 10.7 Å². The largest absolute Gasteiger partial charge is 0.471 e. The molecule has 0 saturated carbocycles. The molecule has 1 atom stereocenters. The second-order valence-corrected chi connectivity index (χ2v) is 8.81. The van der Waals surface area contributed by atoms with Crippen molar-refractivity contribution in [3.63, 3.8) is 0 Å². The molecule has 2 rings (SSSR count). The van der Waals surface area contributed by atoms with Gasteiger partial charge in [-0.3, -0.25) is 4.79 Å². The number of halogens is 5. The molecule has 152 valence electrons. The molecule has 0 N–H and O–H groups in total. The van der Waals surface area contributed by atoms with E-state index in [0.29, 0.717) is 31.0 Å². The van der Waals surface area contributed by atoms with Gasteiger partial charge in [-0.05, 0) is 43.1 Å². The van der Waals surface area contributed by atoms with Gasteiger partial charge in [-0.2, -0.15) is 13.2 Å². The smallest absolute Gasteiger partial charge is 0.330 e. The van der Waals surface area contributed by atoms with Crippen molar-refractivity contribution in [2.75, 3.05) is 26.2 Å². The quantitative estimate of drug-likeness (QED) is 0.514. The van der Waals surface area contributed by atoms with Crippen LogP contribution in [-0.4, -0.2) is 62.5 Å². The molecule has 1 aromatic rings. The van der Waals surface area contributed by atoms with Crippen LogP contribution in [0.2, 0.25) is 0 Å². The molecule has 27 heavy (non-hydrogen) atoms. The lowest BCUT2D eigenvalue weighted by molar-refractivity contribution is -0.187. The summed E-state index contributed by atoms with van der Waals surface area (Å²) in [6.07, 6.45) is -4.95. The minimum absolute atomic E-state index is 0.0738. The van der Waals surface area contributed by atoms with Gasteiger partial charge in [0.05, 0.1) is 4.90 Å². The molecule has 1 fully saturated rings. The maximum absolute atomic E-state index is 13.5. The predicted molar refractivity (Wildman–Crippen MR) is 91.4 cm³/mol. The van der Waals surface area contributed by atoms with Gasteiger partial charge in [0.25, 0.3) is 9.05 Å². The second-order valence-electron chi connectivity index (χ2n) is 6.27. The summed E-state index contributed by atoms with van der Waals surface area (Å²) in [6, 6.07) is 2.10. The molecule has 0 spiro atoms. The summed E-state index contributed by atoms with van der Waals surface area (Å²) < 4.78 is 75.8. The van der Waals surface area contributed by atoms with Crippen molar-refractivity contribution in [1.82, 2.24) is 9.80 Å². The molecule has 0 radical (unpaired) electrons. The number of carbonyl (C=O) groups is 1. The lowest BCUT2D eigenvalue weighted by Crippen LogP contribution is -2.49. The van der Waals surface area contributed by atoms with Gasteiger partial charge in [0.2, 0.25) is 0 Å². The number of carbonyl (C=O) groups excluding carboxylic acids is 1. The first-order chi connectivity index (χ1) is 12.4. The maximum atomic E-state index is 13.5. The molecule has 11 heteroatoms. The Balaban J connectivity index is 2.27. The van der Waals surface area contributed by atoms with Crippen LogP contribution in [0.25, 0.3) is 0 Å². The number of rotatable bonds is 6. The van der Waals surface area contributed by atoms with Crippen molar-refractivity contribution < 1.29 is 30.8 Å². The number of likely N-dealkylation sites (N-methyl/N-ethyl adjacent to an activating group) is 1. The number of nitrogens with zero attached hydrogens (tertiary/aromatic N) is 2. The van der Waals surface area contributed by atoms with E-state index in [1.807, 2.05) is 11.8 Å². The molecule has 0 bridgehead atoms. The van der Waals surface area contributed by atoms with Gasteiger partial charge in [0.15, 0.2) is 0 Å². The molecule has 1 aromatic carbocycles. The van der Waals surface area contributed by atoms with Crippen molar-refractivity contribution >= 4 is 25.6 Å². The summed E-state index contributed by atoms with van der Waals surface area (Å²) in [4.78, 5) is 14.1. The topological polar surface area (TPSA) is 57.7 Å². The minimum Gasteiger partial charge on any atom is -0.330 e. The van der Waals surface area contributed by atoms with E-state index >= 15 is 0 Å². The van der Waals surface area contributed by atoms with Crippen LogP contribution in [0, 0.1) is 5.82 Å². The first-order valence-electron chi connectivity index (χ1n) is 8.26. The molecule has 5 nitrogen and oxygen atoms in total. The molecule has 0 aliphatic carbocycles. The third-order valence-corrected chi connectivity index (χ3v) is 5.97. The summed E-state index contributed by atoms with van der Waals surface area (Å²) in [6.45, 7) is 2.96. The van der Waals surface area contributed by atoms with Crippen LogP contribution in [0.1, 0.15) is 18.9 Å². The number of hydrogen-bond donors (Lipinski definition) is 0. The predicted octanol–water partition coefficient (Wildman–Crippen LogP) is 2.78. The SMILES string of the molecule is CCN1CCC(N(CCc2cc(F)ccc2S(=O)(=O)Cl)C(=O)C(F)(F)F)C1. The van der Waals surface area contributed by atoms with Crippen molar-refractivity contribution in [2.24, 2.45) is 0 Å². The molecule has 1 unspecified atom stereocenters. The third kappa shape index (κ3) is 5.55. The fraction of sp³-hybridized carbons (Fsp3) is 0.562. The van der Waals surface area contributed by atoms with Crippen molar-refractivity contribution in [3.8, 4) is 0 Å². The number of alkyl halides is 3. The molecule has 1 heterocycles. The van der Waals surface area contributed by atoms with Gasteiger partial charge in [-0.25, -0.2) is 12.8 Å². The monoisotopic (exact) mass is 430 g/mol. The zero-order valence-electron chi connectivity index (χ0n) is 14.5. The highest BCUT2D eigenvalue weighted by molar-refractivity contribution is 8.13. The Morgan fingerprint density at radius 2 is 2.04 bits per heavy atom. The van der Waals surface area contributed by atoms with Crippen LogP contribution in [0.4, 0.5) is 17.6 Å². The second kappa shape index (κ2) is 8.32. The van der Waals surface area contributed by atoms with Crippen LogP contribution in [0.15, 0.2) is 23.1 Å². The molecule has 1 aliphatic rings. The highest BCUT2D eigenvalue weighted by Gasteiger charge is 2.45. The lowest BCUT2D eigenvalue weighted by atomic mass is 10.1. The van der Waals surface area contributed by atoms with E-state index in [9.17, 15) is 30.8 Å². The highest BCUT2D eigenvalue weighted by atomic mass is 35.7. The van der Waals surface area contributed by atoms with E-state index in [1.165, 1.54) is 0 Å².